The van der Waals surface area contributed by atoms with Gasteiger partial charge in [0.2, 0.25) is 0 Å². The predicted molar refractivity (Wildman–Crippen MR) is 101 cm³/mol. The number of ether oxygens (including phenoxy) is 1. The van der Waals surface area contributed by atoms with Crippen LogP contribution in [0.5, 0.6) is 0 Å². The first-order chi connectivity index (χ1) is 12.7. The van der Waals surface area contributed by atoms with E-state index in [1.807, 2.05) is 18.3 Å². The number of aromatic nitrogens is 1. The number of rotatable bonds is 7. The van der Waals surface area contributed by atoms with Crippen LogP contribution in [0.3, 0.4) is 0 Å². The summed E-state index contributed by atoms with van der Waals surface area (Å²) in [6.45, 7) is 0.922. The highest BCUT2D eigenvalue weighted by Gasteiger charge is 2.10. The van der Waals surface area contributed by atoms with E-state index in [9.17, 15) is 10.1 Å². The molecule has 3 rings (SSSR count). The van der Waals surface area contributed by atoms with Crippen molar-refractivity contribution in [1.29, 1.82) is 0 Å². The highest BCUT2D eigenvalue weighted by atomic mass is 16.6. The lowest BCUT2D eigenvalue weighted by Crippen LogP contribution is -2.04. The molecule has 132 valence electrons. The third kappa shape index (κ3) is 4.23. The Morgan fingerprint density at radius 1 is 1.12 bits per heavy atom. The van der Waals surface area contributed by atoms with Crippen molar-refractivity contribution in [3.63, 3.8) is 0 Å². The summed E-state index contributed by atoms with van der Waals surface area (Å²) in [5.41, 5.74) is 4.94. The van der Waals surface area contributed by atoms with Gasteiger partial charge in [-0.3, -0.25) is 15.1 Å². The molecule has 0 unspecified atom stereocenters. The Balaban J connectivity index is 1.71. The van der Waals surface area contributed by atoms with Crippen LogP contribution in [-0.4, -0.2) is 17.0 Å². The Bertz CT molecular complexity index is 881. The van der Waals surface area contributed by atoms with Crippen LogP contribution in [0, 0.1) is 10.1 Å². The average Bonchev–Trinajstić information content (AvgIpc) is 2.68. The molecule has 0 saturated heterocycles. The number of nitrogens with zero attached hydrogens (tertiary/aromatic N) is 2. The Hall–Kier alpha value is -3.25. The number of hydrogen-bond donors (Lipinski definition) is 1. The molecule has 1 N–H and O–H groups in total. The van der Waals surface area contributed by atoms with E-state index in [2.05, 4.69) is 34.6 Å². The number of anilines is 1. The Kier molecular flexibility index (Phi) is 5.56. The van der Waals surface area contributed by atoms with Gasteiger partial charge in [0.1, 0.15) is 0 Å². The SMILES string of the molecule is COCc1cc([N+](=O)[O-])ccc1NCc1ccc(-c2cccnc2)cc1. The molecule has 0 saturated carbocycles. The number of non-ortho nitro benzene ring substituents is 1. The molecule has 0 bridgehead atoms. The van der Waals surface area contributed by atoms with Gasteiger partial charge in [0.05, 0.1) is 11.5 Å². The van der Waals surface area contributed by atoms with E-state index in [1.165, 1.54) is 12.1 Å². The van der Waals surface area contributed by atoms with E-state index in [0.717, 1.165) is 27.9 Å². The summed E-state index contributed by atoms with van der Waals surface area (Å²) in [7, 11) is 1.57. The summed E-state index contributed by atoms with van der Waals surface area (Å²) in [5, 5.41) is 14.3. The first kappa shape index (κ1) is 17.6. The first-order valence-corrected chi connectivity index (χ1v) is 8.17. The van der Waals surface area contributed by atoms with Crippen molar-refractivity contribution in [3.05, 3.63) is 88.2 Å². The maximum atomic E-state index is 10.9. The molecule has 0 atom stereocenters. The van der Waals surface area contributed by atoms with Crippen molar-refractivity contribution in [3.8, 4) is 11.1 Å². The van der Waals surface area contributed by atoms with Gasteiger partial charge in [0.25, 0.3) is 5.69 Å². The van der Waals surface area contributed by atoms with Gasteiger partial charge in [0.15, 0.2) is 0 Å². The van der Waals surface area contributed by atoms with Crippen LogP contribution in [0.25, 0.3) is 11.1 Å². The molecule has 0 amide bonds. The maximum absolute atomic E-state index is 10.9. The van der Waals surface area contributed by atoms with Crippen LogP contribution in [0.2, 0.25) is 0 Å². The van der Waals surface area contributed by atoms with E-state index < -0.39 is 4.92 Å². The van der Waals surface area contributed by atoms with Crippen LogP contribution in [0.1, 0.15) is 11.1 Å². The number of nitrogens with one attached hydrogen (secondary N) is 1. The standard InChI is InChI=1S/C20H19N3O3/c1-26-14-18-11-19(23(24)25)8-9-20(18)22-12-15-4-6-16(7-5-15)17-3-2-10-21-13-17/h2-11,13,22H,12,14H2,1H3. The average molecular weight is 349 g/mol. The fourth-order valence-corrected chi connectivity index (χ4v) is 2.69. The molecule has 0 fully saturated rings. The maximum Gasteiger partial charge on any atom is 0.269 e. The molecule has 0 aliphatic rings. The summed E-state index contributed by atoms with van der Waals surface area (Å²) >= 11 is 0. The van der Waals surface area contributed by atoms with E-state index in [1.54, 1.807) is 19.4 Å². The molecule has 0 spiro atoms. The second kappa shape index (κ2) is 8.22. The number of benzene rings is 2. The zero-order chi connectivity index (χ0) is 18.4. The van der Waals surface area contributed by atoms with Crippen molar-refractivity contribution < 1.29 is 9.66 Å². The number of nitro benzene ring substituents is 1. The number of methoxy groups -OCH3 is 1. The van der Waals surface area contributed by atoms with Crippen LogP contribution in [0.4, 0.5) is 11.4 Å². The number of hydrogen-bond acceptors (Lipinski definition) is 5. The Labute approximate surface area is 151 Å². The molecule has 6 heteroatoms. The molecule has 3 aromatic rings. The van der Waals surface area contributed by atoms with Crippen molar-refractivity contribution >= 4 is 11.4 Å². The topological polar surface area (TPSA) is 77.3 Å². The van der Waals surface area contributed by atoms with Crippen LogP contribution >= 0.6 is 0 Å². The van der Waals surface area contributed by atoms with Gasteiger partial charge in [-0.2, -0.15) is 0 Å². The van der Waals surface area contributed by atoms with Crippen molar-refractivity contribution in [2.75, 3.05) is 12.4 Å². The summed E-state index contributed by atoms with van der Waals surface area (Å²) in [4.78, 5) is 14.7. The zero-order valence-electron chi connectivity index (χ0n) is 14.4. The predicted octanol–water partition coefficient (Wildman–Crippen LogP) is 4.42. The van der Waals surface area contributed by atoms with Gasteiger partial charge < -0.3 is 10.1 Å². The van der Waals surface area contributed by atoms with Crippen LogP contribution in [0.15, 0.2) is 67.0 Å². The monoisotopic (exact) mass is 349 g/mol. The first-order valence-electron chi connectivity index (χ1n) is 8.17. The minimum Gasteiger partial charge on any atom is -0.381 e. The molecule has 0 aliphatic carbocycles. The second-order valence-electron chi connectivity index (χ2n) is 5.82. The molecule has 0 aliphatic heterocycles. The smallest absolute Gasteiger partial charge is 0.269 e. The lowest BCUT2D eigenvalue weighted by Gasteiger charge is -2.12. The minimum absolute atomic E-state index is 0.0587. The lowest BCUT2D eigenvalue weighted by atomic mass is 10.1. The molecule has 6 nitrogen and oxygen atoms in total. The quantitative estimate of drug-likeness (QED) is 0.505. The summed E-state index contributed by atoms with van der Waals surface area (Å²) in [6.07, 6.45) is 3.59. The normalized spacial score (nSPS) is 10.5. The third-order valence-corrected chi connectivity index (χ3v) is 4.03. The van der Waals surface area contributed by atoms with Gasteiger partial charge in [0, 0.05) is 49.4 Å². The molecule has 2 aromatic carbocycles. The third-order valence-electron chi connectivity index (χ3n) is 4.03. The Morgan fingerprint density at radius 2 is 1.92 bits per heavy atom. The van der Waals surface area contributed by atoms with Gasteiger partial charge in [-0.25, -0.2) is 0 Å². The van der Waals surface area contributed by atoms with E-state index in [-0.39, 0.29) is 5.69 Å². The summed E-state index contributed by atoms with van der Waals surface area (Å²) < 4.78 is 5.15. The fourth-order valence-electron chi connectivity index (χ4n) is 2.69. The molecule has 1 heterocycles. The van der Waals surface area contributed by atoms with Crippen molar-refractivity contribution in [2.24, 2.45) is 0 Å². The van der Waals surface area contributed by atoms with Crippen LogP contribution < -0.4 is 5.32 Å². The largest absolute Gasteiger partial charge is 0.381 e. The van der Waals surface area contributed by atoms with E-state index >= 15 is 0 Å². The molecular formula is C20H19N3O3. The number of pyridine rings is 1. The zero-order valence-corrected chi connectivity index (χ0v) is 14.4. The lowest BCUT2D eigenvalue weighted by molar-refractivity contribution is -0.384. The fraction of sp³-hybridized carbons (Fsp3) is 0.150. The molecule has 26 heavy (non-hydrogen) atoms. The van der Waals surface area contributed by atoms with Crippen molar-refractivity contribution in [1.82, 2.24) is 4.98 Å². The van der Waals surface area contributed by atoms with Gasteiger partial charge in [-0.1, -0.05) is 30.3 Å². The summed E-state index contributed by atoms with van der Waals surface area (Å²) in [6, 6.07) is 16.9. The highest BCUT2D eigenvalue weighted by Crippen LogP contribution is 2.24. The molecule has 1 aromatic heterocycles. The van der Waals surface area contributed by atoms with E-state index in [0.29, 0.717) is 13.2 Å². The highest BCUT2D eigenvalue weighted by molar-refractivity contribution is 5.62. The van der Waals surface area contributed by atoms with Crippen molar-refractivity contribution in [2.45, 2.75) is 13.2 Å². The van der Waals surface area contributed by atoms with Crippen LogP contribution in [-0.2, 0) is 17.9 Å². The minimum atomic E-state index is -0.403. The number of nitro groups is 1. The molecular weight excluding hydrogens is 330 g/mol. The van der Waals surface area contributed by atoms with Gasteiger partial charge in [-0.05, 0) is 28.8 Å². The summed E-state index contributed by atoms with van der Waals surface area (Å²) in [5.74, 6) is 0. The van der Waals surface area contributed by atoms with Gasteiger partial charge >= 0.3 is 0 Å². The van der Waals surface area contributed by atoms with E-state index in [4.69, 9.17) is 4.74 Å². The van der Waals surface area contributed by atoms with Gasteiger partial charge in [-0.15, -0.1) is 0 Å². The second-order valence-corrected chi connectivity index (χ2v) is 5.82. The molecule has 0 radical (unpaired) electrons. The Morgan fingerprint density at radius 3 is 2.58 bits per heavy atom.